The van der Waals surface area contributed by atoms with Gasteiger partial charge >= 0.3 is 0 Å². The third-order valence-corrected chi connectivity index (χ3v) is 6.26. The zero-order valence-corrected chi connectivity index (χ0v) is 16.1. The second kappa shape index (κ2) is 7.37. The van der Waals surface area contributed by atoms with Crippen LogP contribution in [-0.2, 0) is 14.8 Å². The summed E-state index contributed by atoms with van der Waals surface area (Å²) in [6.07, 6.45) is 0. The largest absolute Gasteiger partial charge is 0.314 e. The number of benzene rings is 2. The average molecular weight is 360 g/mol. The third kappa shape index (κ3) is 4.08. The molecule has 2 aromatic rings. The van der Waals surface area contributed by atoms with Gasteiger partial charge in [-0.15, -0.1) is 0 Å². The first-order valence-electron chi connectivity index (χ1n) is 8.00. The van der Waals surface area contributed by atoms with E-state index in [-0.39, 0.29) is 17.3 Å². The molecule has 2 rings (SSSR count). The molecule has 0 N–H and O–H groups in total. The van der Waals surface area contributed by atoms with E-state index in [9.17, 15) is 13.2 Å². The molecular weight excluding hydrogens is 336 g/mol. The van der Waals surface area contributed by atoms with Crippen molar-refractivity contribution in [2.24, 2.45) is 0 Å². The molecule has 1 amide bonds. The van der Waals surface area contributed by atoms with E-state index >= 15 is 0 Å². The molecule has 134 valence electrons. The Balaban J connectivity index is 2.25. The van der Waals surface area contributed by atoms with Gasteiger partial charge < -0.3 is 4.90 Å². The molecule has 0 aliphatic rings. The van der Waals surface area contributed by atoms with Crippen LogP contribution in [0.25, 0.3) is 0 Å². The quantitative estimate of drug-likeness (QED) is 0.824. The highest BCUT2D eigenvalue weighted by atomic mass is 32.2. The van der Waals surface area contributed by atoms with E-state index in [1.54, 1.807) is 33.0 Å². The van der Waals surface area contributed by atoms with Crippen molar-refractivity contribution in [2.75, 3.05) is 25.5 Å². The summed E-state index contributed by atoms with van der Waals surface area (Å²) in [5.74, 6) is -0.292. The van der Waals surface area contributed by atoms with Crippen molar-refractivity contribution < 1.29 is 13.2 Å². The van der Waals surface area contributed by atoms with Gasteiger partial charge in [0.15, 0.2) is 0 Å². The number of hydrogen-bond acceptors (Lipinski definition) is 3. The Bertz CT molecular complexity index is 854. The second-order valence-electron chi connectivity index (χ2n) is 6.28. The topological polar surface area (TPSA) is 57.7 Å². The lowest BCUT2D eigenvalue weighted by atomic mass is 10.1. The molecule has 0 saturated carbocycles. The van der Waals surface area contributed by atoms with Crippen molar-refractivity contribution in [3.63, 3.8) is 0 Å². The van der Waals surface area contributed by atoms with E-state index in [2.05, 4.69) is 0 Å². The molecule has 0 aliphatic carbocycles. The summed E-state index contributed by atoms with van der Waals surface area (Å²) in [7, 11) is -0.667. The molecule has 0 unspecified atom stereocenters. The lowest BCUT2D eigenvalue weighted by Gasteiger charge is -2.23. The normalized spacial score (nSPS) is 11.6. The van der Waals surface area contributed by atoms with E-state index in [1.807, 2.05) is 37.3 Å². The van der Waals surface area contributed by atoms with E-state index in [4.69, 9.17) is 0 Å². The standard InChI is InChI=1S/C19H24N2O3S/c1-14-11-15(2)19(16(3)12-14)25(23,24)20(4)13-18(22)21(5)17-9-7-6-8-10-17/h6-12H,13H2,1-5H3. The van der Waals surface area contributed by atoms with Crippen LogP contribution in [0.2, 0.25) is 0 Å². The molecule has 0 saturated heterocycles. The summed E-state index contributed by atoms with van der Waals surface area (Å²) in [4.78, 5) is 14.2. The summed E-state index contributed by atoms with van der Waals surface area (Å²) in [5.41, 5.74) is 3.11. The van der Waals surface area contributed by atoms with E-state index < -0.39 is 10.0 Å². The van der Waals surface area contributed by atoms with E-state index in [1.165, 1.54) is 11.9 Å². The molecule has 0 aromatic heterocycles. The maximum Gasteiger partial charge on any atom is 0.243 e. The van der Waals surface area contributed by atoms with Crippen LogP contribution < -0.4 is 4.90 Å². The van der Waals surface area contributed by atoms with Gasteiger partial charge in [-0.1, -0.05) is 35.9 Å². The van der Waals surface area contributed by atoms with Crippen molar-refractivity contribution in [1.29, 1.82) is 0 Å². The molecule has 2 aromatic carbocycles. The minimum Gasteiger partial charge on any atom is -0.314 e. The first-order valence-corrected chi connectivity index (χ1v) is 9.44. The number of sulfonamides is 1. The number of likely N-dealkylation sites (N-methyl/N-ethyl adjacent to an activating group) is 2. The number of anilines is 1. The van der Waals surface area contributed by atoms with Gasteiger partial charge in [0.05, 0.1) is 11.4 Å². The minimum atomic E-state index is -3.74. The number of amides is 1. The van der Waals surface area contributed by atoms with Crippen molar-refractivity contribution in [2.45, 2.75) is 25.7 Å². The highest BCUT2D eigenvalue weighted by molar-refractivity contribution is 7.89. The molecule has 5 nitrogen and oxygen atoms in total. The van der Waals surface area contributed by atoms with E-state index in [0.717, 1.165) is 15.6 Å². The Labute approximate surface area is 149 Å². The average Bonchev–Trinajstić information content (AvgIpc) is 2.53. The fourth-order valence-electron chi connectivity index (χ4n) is 2.91. The fraction of sp³-hybridized carbons (Fsp3) is 0.316. The van der Waals surface area contributed by atoms with Crippen molar-refractivity contribution >= 4 is 21.6 Å². The first kappa shape index (κ1) is 19.1. The summed E-state index contributed by atoms with van der Waals surface area (Å²) in [5, 5.41) is 0. The van der Waals surface area contributed by atoms with Crippen molar-refractivity contribution in [3.05, 3.63) is 59.2 Å². The molecule has 0 bridgehead atoms. The smallest absolute Gasteiger partial charge is 0.243 e. The van der Waals surface area contributed by atoms with Crippen LogP contribution >= 0.6 is 0 Å². The van der Waals surface area contributed by atoms with Crippen LogP contribution in [-0.4, -0.2) is 39.3 Å². The molecule has 6 heteroatoms. The lowest BCUT2D eigenvalue weighted by Crippen LogP contribution is -2.39. The number of carbonyl (C=O) groups excluding carboxylic acids is 1. The predicted octanol–water partition coefficient (Wildman–Crippen LogP) is 2.90. The van der Waals surface area contributed by atoms with Gasteiger partial charge in [0.25, 0.3) is 0 Å². The van der Waals surface area contributed by atoms with Crippen LogP contribution in [0, 0.1) is 20.8 Å². The molecule has 0 atom stereocenters. The Morgan fingerprint density at radius 1 is 0.960 bits per heavy atom. The van der Waals surface area contributed by atoms with Gasteiger partial charge in [0.2, 0.25) is 15.9 Å². The fourth-order valence-corrected chi connectivity index (χ4v) is 4.43. The summed E-state index contributed by atoms with van der Waals surface area (Å²) < 4.78 is 27.0. The SMILES string of the molecule is Cc1cc(C)c(S(=O)(=O)N(C)CC(=O)N(C)c2ccccc2)c(C)c1. The zero-order valence-electron chi connectivity index (χ0n) is 15.3. The number of rotatable bonds is 5. The maximum absolute atomic E-state index is 12.9. The monoisotopic (exact) mass is 360 g/mol. The number of para-hydroxylation sites is 1. The van der Waals surface area contributed by atoms with Crippen LogP contribution in [0.3, 0.4) is 0 Å². The van der Waals surface area contributed by atoms with Gasteiger partial charge in [0, 0.05) is 19.8 Å². The second-order valence-corrected chi connectivity index (χ2v) is 8.26. The van der Waals surface area contributed by atoms with Crippen LogP contribution in [0.5, 0.6) is 0 Å². The molecule has 25 heavy (non-hydrogen) atoms. The number of carbonyl (C=O) groups is 1. The summed E-state index contributed by atoms with van der Waals surface area (Å²) >= 11 is 0. The number of nitrogens with zero attached hydrogens (tertiary/aromatic N) is 2. The van der Waals surface area contributed by atoms with Gasteiger partial charge in [-0.2, -0.15) is 4.31 Å². The Hall–Kier alpha value is -2.18. The first-order chi connectivity index (χ1) is 11.6. The molecular formula is C19H24N2O3S. The molecule has 0 fully saturated rings. The summed E-state index contributed by atoms with van der Waals surface area (Å²) in [6, 6.07) is 12.8. The molecule has 0 spiro atoms. The van der Waals surface area contributed by atoms with Crippen LogP contribution in [0.4, 0.5) is 5.69 Å². The molecule has 0 aliphatic heterocycles. The van der Waals surface area contributed by atoms with Crippen LogP contribution in [0.1, 0.15) is 16.7 Å². The maximum atomic E-state index is 12.9. The number of hydrogen-bond donors (Lipinski definition) is 0. The lowest BCUT2D eigenvalue weighted by molar-refractivity contribution is -0.118. The third-order valence-electron chi connectivity index (χ3n) is 4.15. The Morgan fingerprint density at radius 3 is 2.00 bits per heavy atom. The van der Waals surface area contributed by atoms with Gasteiger partial charge in [-0.05, 0) is 44.0 Å². The Morgan fingerprint density at radius 2 is 1.48 bits per heavy atom. The van der Waals surface area contributed by atoms with Gasteiger partial charge in [0.1, 0.15) is 0 Å². The van der Waals surface area contributed by atoms with Crippen molar-refractivity contribution in [3.8, 4) is 0 Å². The van der Waals surface area contributed by atoms with Crippen molar-refractivity contribution in [1.82, 2.24) is 4.31 Å². The Kier molecular flexibility index (Phi) is 5.65. The molecule has 0 radical (unpaired) electrons. The minimum absolute atomic E-state index is 0.222. The van der Waals surface area contributed by atoms with E-state index in [0.29, 0.717) is 11.1 Å². The zero-order chi connectivity index (χ0) is 18.8. The van der Waals surface area contributed by atoms with Crippen LogP contribution in [0.15, 0.2) is 47.4 Å². The van der Waals surface area contributed by atoms with Gasteiger partial charge in [-0.3, -0.25) is 4.79 Å². The molecule has 0 heterocycles. The number of aryl methyl sites for hydroxylation is 3. The highest BCUT2D eigenvalue weighted by Gasteiger charge is 2.27. The van der Waals surface area contributed by atoms with Gasteiger partial charge in [-0.25, -0.2) is 8.42 Å². The summed E-state index contributed by atoms with van der Waals surface area (Å²) in [6.45, 7) is 5.26. The predicted molar refractivity (Wildman–Crippen MR) is 100 cm³/mol. The highest BCUT2D eigenvalue weighted by Crippen LogP contribution is 2.24.